The van der Waals surface area contributed by atoms with Crippen LogP contribution in [0, 0.1) is 17.6 Å². The lowest BCUT2D eigenvalue weighted by molar-refractivity contribution is -0.272. The highest BCUT2D eigenvalue weighted by Gasteiger charge is 2.66. The molecule has 14 heteroatoms. The van der Waals surface area contributed by atoms with Gasteiger partial charge in [0.15, 0.2) is 17.2 Å². The molecule has 4 rings (SSSR count). The number of nitrogens with two attached hydrogens (primary N) is 1. The molecule has 0 radical (unpaired) electrons. The molecule has 2 saturated heterocycles. The molecular formula is C26H29F5N4O5. The van der Waals surface area contributed by atoms with Crippen LogP contribution in [0.25, 0.3) is 0 Å². The fourth-order valence-corrected chi connectivity index (χ4v) is 4.95. The zero-order chi connectivity index (χ0) is 29.2. The molecule has 0 unspecified atom stereocenters. The van der Waals surface area contributed by atoms with Crippen LogP contribution in [0.15, 0.2) is 30.5 Å². The molecule has 2 amide bonds. The van der Waals surface area contributed by atoms with E-state index in [1.807, 2.05) is 0 Å². The number of carbonyl (C=O) groups is 2. The first-order valence-corrected chi connectivity index (χ1v) is 12.6. The smallest absolute Gasteiger partial charge is 0.417 e. The second-order valence-electron chi connectivity index (χ2n) is 9.88. The van der Waals surface area contributed by atoms with E-state index in [0.717, 1.165) is 31.5 Å². The summed E-state index contributed by atoms with van der Waals surface area (Å²) in [4.78, 5) is 28.5. The fraction of sp³-hybridized carbons (Fsp3) is 0.500. The van der Waals surface area contributed by atoms with E-state index in [2.05, 4.69) is 15.6 Å². The second kappa shape index (κ2) is 11.6. The summed E-state index contributed by atoms with van der Waals surface area (Å²) in [7, 11) is 0. The molecule has 218 valence electrons. The van der Waals surface area contributed by atoms with Crippen LogP contribution in [-0.4, -0.2) is 67.1 Å². The minimum atomic E-state index is -4.91. The van der Waals surface area contributed by atoms with Gasteiger partial charge < -0.3 is 30.6 Å². The van der Waals surface area contributed by atoms with Crippen molar-refractivity contribution in [2.45, 2.75) is 50.1 Å². The molecule has 0 aliphatic carbocycles. The molecule has 0 spiro atoms. The quantitative estimate of drug-likeness (QED) is 0.311. The molecule has 2 aromatic rings. The predicted octanol–water partition coefficient (Wildman–Crippen LogP) is 3.29. The van der Waals surface area contributed by atoms with Crippen LogP contribution in [0.5, 0.6) is 5.75 Å². The summed E-state index contributed by atoms with van der Waals surface area (Å²) in [6.45, 7) is 3.19. The van der Waals surface area contributed by atoms with E-state index < -0.39 is 58.9 Å². The van der Waals surface area contributed by atoms with Gasteiger partial charge in [-0.3, -0.25) is 14.6 Å². The average Bonchev–Trinajstić information content (AvgIpc) is 3.51. The number of aromatic nitrogens is 1. The zero-order valence-corrected chi connectivity index (χ0v) is 21.7. The molecule has 2 aliphatic heterocycles. The van der Waals surface area contributed by atoms with Crippen LogP contribution in [0.2, 0.25) is 0 Å². The normalized spacial score (nSPS) is 26.6. The third-order valence-electron chi connectivity index (χ3n) is 7.36. The standard InChI is InChI=1S/C26H29F5N4O5/c1-13-19(16-3-4-17(27)20(28)21(16)39-10-8-33-15-6-9-38-12-15)22(40-25(13,2)26(29,30)31)24(37)35-14-5-7-34-18(11-14)23(32)36/h3-5,7,11,13,15,19,22,33H,6,8-10,12H2,1-2H3,(H2,32,36)(H,34,35,37)/t13-,15-,19-,22+,25+/m0/s1. The van der Waals surface area contributed by atoms with Crippen LogP contribution in [0.1, 0.15) is 42.2 Å². The van der Waals surface area contributed by atoms with Gasteiger partial charge in [0, 0.05) is 48.5 Å². The lowest BCUT2D eigenvalue weighted by Crippen LogP contribution is -2.47. The van der Waals surface area contributed by atoms with E-state index in [4.69, 9.17) is 19.9 Å². The third kappa shape index (κ3) is 5.88. The second-order valence-corrected chi connectivity index (χ2v) is 9.88. The van der Waals surface area contributed by atoms with Gasteiger partial charge in [0.05, 0.1) is 6.61 Å². The molecule has 0 saturated carbocycles. The van der Waals surface area contributed by atoms with Crippen LogP contribution in [-0.2, 0) is 14.3 Å². The largest absolute Gasteiger partial charge is 0.489 e. The molecular weight excluding hydrogens is 543 g/mol. The number of anilines is 1. The van der Waals surface area contributed by atoms with E-state index >= 15 is 4.39 Å². The number of primary amides is 1. The lowest BCUT2D eigenvalue weighted by Gasteiger charge is -2.32. The minimum Gasteiger partial charge on any atom is -0.489 e. The predicted molar refractivity (Wildman–Crippen MR) is 132 cm³/mol. The first-order valence-electron chi connectivity index (χ1n) is 12.6. The van der Waals surface area contributed by atoms with E-state index in [9.17, 15) is 27.2 Å². The van der Waals surface area contributed by atoms with Crippen molar-refractivity contribution in [2.75, 3.05) is 31.7 Å². The molecule has 1 aromatic heterocycles. The van der Waals surface area contributed by atoms with Gasteiger partial charge in [0.1, 0.15) is 18.4 Å². The number of ether oxygens (including phenoxy) is 3. The third-order valence-corrected chi connectivity index (χ3v) is 7.36. The molecule has 1 aromatic carbocycles. The lowest BCUT2D eigenvalue weighted by atomic mass is 9.77. The summed E-state index contributed by atoms with van der Waals surface area (Å²) < 4.78 is 88.2. The number of nitrogens with zero attached hydrogens (tertiary/aromatic N) is 1. The Hall–Kier alpha value is -3.36. The van der Waals surface area contributed by atoms with Crippen LogP contribution >= 0.6 is 0 Å². The van der Waals surface area contributed by atoms with Gasteiger partial charge in [-0.15, -0.1) is 0 Å². The number of pyridine rings is 1. The fourth-order valence-electron chi connectivity index (χ4n) is 4.95. The number of amides is 2. The topological polar surface area (TPSA) is 125 Å². The maximum absolute atomic E-state index is 15.0. The minimum absolute atomic E-state index is 0.0214. The van der Waals surface area contributed by atoms with Gasteiger partial charge >= 0.3 is 6.18 Å². The van der Waals surface area contributed by atoms with E-state index in [-0.39, 0.29) is 36.1 Å². The summed E-state index contributed by atoms with van der Waals surface area (Å²) >= 11 is 0. The van der Waals surface area contributed by atoms with Gasteiger partial charge in [0.25, 0.3) is 11.8 Å². The summed E-state index contributed by atoms with van der Waals surface area (Å²) in [5.74, 6) is -7.98. The maximum Gasteiger partial charge on any atom is 0.417 e. The Kier molecular flexibility index (Phi) is 8.61. The Labute approximate surface area is 226 Å². The molecule has 2 aliphatic rings. The van der Waals surface area contributed by atoms with E-state index in [1.54, 1.807) is 0 Å². The molecule has 2 fully saturated rings. The van der Waals surface area contributed by atoms with Crippen molar-refractivity contribution in [3.05, 3.63) is 53.4 Å². The summed E-state index contributed by atoms with van der Waals surface area (Å²) in [5, 5.41) is 5.55. The number of alkyl halides is 3. The van der Waals surface area contributed by atoms with Crippen molar-refractivity contribution in [3.63, 3.8) is 0 Å². The molecule has 40 heavy (non-hydrogen) atoms. The van der Waals surface area contributed by atoms with E-state index in [0.29, 0.717) is 13.2 Å². The summed E-state index contributed by atoms with van der Waals surface area (Å²) in [5.41, 5.74) is 2.07. The van der Waals surface area contributed by atoms with Gasteiger partial charge in [-0.1, -0.05) is 13.0 Å². The molecule has 3 heterocycles. The summed E-state index contributed by atoms with van der Waals surface area (Å²) in [6.07, 6.45) is -4.77. The van der Waals surface area contributed by atoms with E-state index in [1.165, 1.54) is 19.2 Å². The average molecular weight is 573 g/mol. The highest BCUT2D eigenvalue weighted by atomic mass is 19.4. The number of carbonyl (C=O) groups excluding carboxylic acids is 2. The van der Waals surface area contributed by atoms with Gasteiger partial charge in [-0.2, -0.15) is 17.6 Å². The Morgan fingerprint density at radius 3 is 2.65 bits per heavy atom. The zero-order valence-electron chi connectivity index (χ0n) is 21.7. The Morgan fingerprint density at radius 1 is 1.25 bits per heavy atom. The number of nitrogens with one attached hydrogen (secondary N) is 2. The first kappa shape index (κ1) is 29.6. The number of benzene rings is 1. The SMILES string of the molecule is C[C@H]1[C@@H](c2ccc(F)c(F)c2OCCN[C@H]2CCOC2)[C@H](C(=O)Nc2ccnc(C(N)=O)c2)O[C@@]1(C)C(F)(F)F. The number of rotatable bonds is 9. The number of halogens is 5. The number of hydrogen-bond donors (Lipinski definition) is 3. The maximum atomic E-state index is 15.0. The summed E-state index contributed by atoms with van der Waals surface area (Å²) in [6, 6.07) is 4.36. The van der Waals surface area contributed by atoms with Gasteiger partial charge in [-0.25, -0.2) is 4.39 Å². The van der Waals surface area contributed by atoms with Crippen LogP contribution in [0.4, 0.5) is 27.6 Å². The molecule has 4 N–H and O–H groups in total. The Balaban J connectivity index is 1.66. The van der Waals surface area contributed by atoms with Crippen LogP contribution < -0.4 is 21.1 Å². The first-order chi connectivity index (χ1) is 18.8. The van der Waals surface area contributed by atoms with Crippen molar-refractivity contribution in [1.29, 1.82) is 0 Å². The highest BCUT2D eigenvalue weighted by Crippen LogP contribution is 2.55. The molecule has 5 atom stereocenters. The monoisotopic (exact) mass is 572 g/mol. The van der Waals surface area contributed by atoms with Crippen LogP contribution in [0.3, 0.4) is 0 Å². The molecule has 0 bridgehead atoms. The van der Waals surface area contributed by atoms with Gasteiger partial charge in [-0.05, 0) is 31.5 Å². The van der Waals surface area contributed by atoms with Crippen molar-refractivity contribution >= 4 is 17.5 Å². The van der Waals surface area contributed by atoms with Crippen molar-refractivity contribution in [1.82, 2.24) is 10.3 Å². The number of hydrogen-bond acceptors (Lipinski definition) is 7. The Bertz CT molecular complexity index is 1260. The van der Waals surface area contributed by atoms with Crippen molar-refractivity contribution in [3.8, 4) is 5.75 Å². The Morgan fingerprint density at radius 2 is 2.00 bits per heavy atom. The van der Waals surface area contributed by atoms with Crippen molar-refractivity contribution in [2.24, 2.45) is 11.7 Å². The van der Waals surface area contributed by atoms with Crippen molar-refractivity contribution < 1.29 is 45.8 Å². The van der Waals surface area contributed by atoms with Gasteiger partial charge in [0.2, 0.25) is 5.82 Å². The highest BCUT2D eigenvalue weighted by molar-refractivity contribution is 5.97. The molecule has 9 nitrogen and oxygen atoms in total.